The van der Waals surface area contributed by atoms with Crippen LogP contribution in [0.4, 0.5) is 14.9 Å². The van der Waals surface area contributed by atoms with Crippen molar-refractivity contribution in [2.75, 3.05) is 11.9 Å². The summed E-state index contributed by atoms with van der Waals surface area (Å²) in [7, 11) is 0. The number of carbonyl (C=O) groups excluding carboxylic acids is 2. The molecule has 0 saturated carbocycles. The zero-order valence-electron chi connectivity index (χ0n) is 17.0. The van der Waals surface area contributed by atoms with E-state index in [2.05, 4.69) is 10.4 Å². The molecule has 8 nitrogen and oxygen atoms in total. The highest BCUT2D eigenvalue weighted by atomic mass is 35.5. The molecule has 2 aromatic carbocycles. The van der Waals surface area contributed by atoms with E-state index in [1.54, 1.807) is 29.8 Å². The van der Waals surface area contributed by atoms with Crippen LogP contribution in [0.3, 0.4) is 0 Å². The van der Waals surface area contributed by atoms with Gasteiger partial charge in [0.25, 0.3) is 5.91 Å². The lowest BCUT2D eigenvalue weighted by Crippen LogP contribution is -2.42. The predicted molar refractivity (Wildman–Crippen MR) is 116 cm³/mol. The summed E-state index contributed by atoms with van der Waals surface area (Å²) in [6, 6.07) is 10.4. The molecule has 1 aromatic heterocycles. The second kappa shape index (κ2) is 8.32. The van der Waals surface area contributed by atoms with Gasteiger partial charge in [0.15, 0.2) is 0 Å². The average Bonchev–Trinajstić information content (AvgIpc) is 3.14. The number of anilines is 1. The van der Waals surface area contributed by atoms with Crippen LogP contribution in [0.2, 0.25) is 5.02 Å². The molecule has 4 rings (SSSR count). The molecule has 0 radical (unpaired) electrons. The Labute approximate surface area is 188 Å². The molecule has 0 fully saturated rings. The van der Waals surface area contributed by atoms with Crippen molar-refractivity contribution in [1.29, 1.82) is 5.26 Å². The Morgan fingerprint density at radius 2 is 2.03 bits per heavy atom. The number of carbonyl (C=O) groups is 2. The molecule has 0 unspecified atom stereocenters. The molecule has 1 aliphatic heterocycles. The van der Waals surface area contributed by atoms with Crippen molar-refractivity contribution in [3.05, 3.63) is 69.6 Å². The molecule has 162 valence electrons. The molecule has 0 aliphatic carbocycles. The first-order valence-electron chi connectivity index (χ1n) is 9.70. The highest BCUT2D eigenvalue weighted by Gasteiger charge is 2.30. The number of nitriles is 1. The van der Waals surface area contributed by atoms with E-state index in [4.69, 9.17) is 22.6 Å². The molecule has 0 spiro atoms. The summed E-state index contributed by atoms with van der Waals surface area (Å²) in [5, 5.41) is 16.6. The minimum Gasteiger partial charge on any atom is -0.351 e. The van der Waals surface area contributed by atoms with E-state index in [1.807, 2.05) is 6.07 Å². The van der Waals surface area contributed by atoms with Crippen molar-refractivity contribution in [2.45, 2.75) is 20.0 Å². The molecule has 3 N–H and O–H groups in total. The number of hydrogen-bond donors (Lipinski definition) is 2. The van der Waals surface area contributed by atoms with Crippen LogP contribution in [0.25, 0.3) is 11.3 Å². The molecule has 3 amide bonds. The second-order valence-corrected chi connectivity index (χ2v) is 7.78. The number of rotatable bonds is 3. The molecule has 0 atom stereocenters. The van der Waals surface area contributed by atoms with Gasteiger partial charge in [0, 0.05) is 17.8 Å². The van der Waals surface area contributed by atoms with Crippen molar-refractivity contribution < 1.29 is 14.0 Å². The zero-order valence-corrected chi connectivity index (χ0v) is 17.8. The van der Waals surface area contributed by atoms with Gasteiger partial charge in [-0.05, 0) is 48.9 Å². The third kappa shape index (κ3) is 3.88. The van der Waals surface area contributed by atoms with E-state index >= 15 is 0 Å². The second-order valence-electron chi connectivity index (χ2n) is 7.38. The molecule has 0 bridgehead atoms. The Bertz CT molecular complexity index is 1300. The number of nitrogens with two attached hydrogens (primary N) is 1. The first-order valence-corrected chi connectivity index (χ1v) is 10.1. The van der Waals surface area contributed by atoms with Crippen molar-refractivity contribution in [3.63, 3.8) is 0 Å². The number of nitrogens with zero attached hydrogens (tertiary/aromatic N) is 4. The minimum atomic E-state index is -0.596. The topological polar surface area (TPSA) is 117 Å². The number of amides is 3. The molecule has 32 heavy (non-hydrogen) atoms. The van der Waals surface area contributed by atoms with Crippen LogP contribution in [0.15, 0.2) is 36.4 Å². The Kier molecular flexibility index (Phi) is 5.55. The van der Waals surface area contributed by atoms with E-state index in [9.17, 15) is 14.0 Å². The summed E-state index contributed by atoms with van der Waals surface area (Å²) < 4.78 is 15.5. The van der Waals surface area contributed by atoms with Crippen LogP contribution in [0, 0.1) is 24.1 Å². The Hall–Kier alpha value is -3.90. The van der Waals surface area contributed by atoms with Crippen molar-refractivity contribution in [2.24, 2.45) is 5.73 Å². The molecule has 10 heteroatoms. The van der Waals surface area contributed by atoms with Gasteiger partial charge in [0.05, 0.1) is 34.9 Å². The molecule has 3 aromatic rings. The van der Waals surface area contributed by atoms with Gasteiger partial charge < -0.3 is 16.0 Å². The number of aryl methyl sites for hydroxylation is 1. The lowest BCUT2D eigenvalue weighted by Gasteiger charge is -2.26. The Balaban J connectivity index is 1.79. The van der Waals surface area contributed by atoms with Gasteiger partial charge in [-0.1, -0.05) is 11.6 Å². The number of urea groups is 1. The van der Waals surface area contributed by atoms with Crippen LogP contribution in [0.5, 0.6) is 0 Å². The molecule has 2 heterocycles. The van der Waals surface area contributed by atoms with Gasteiger partial charge in [-0.2, -0.15) is 10.4 Å². The maximum atomic E-state index is 13.8. The van der Waals surface area contributed by atoms with Gasteiger partial charge in [-0.25, -0.2) is 9.18 Å². The van der Waals surface area contributed by atoms with E-state index in [0.29, 0.717) is 41.3 Å². The summed E-state index contributed by atoms with van der Waals surface area (Å²) in [5.41, 5.74) is 8.24. The zero-order chi connectivity index (χ0) is 23.0. The largest absolute Gasteiger partial charge is 0.351 e. The first kappa shape index (κ1) is 21.3. The van der Waals surface area contributed by atoms with Gasteiger partial charge in [0.1, 0.15) is 17.6 Å². The number of hydrogen-bond acceptors (Lipinski definition) is 4. The van der Waals surface area contributed by atoms with E-state index in [-0.39, 0.29) is 28.5 Å². The lowest BCUT2D eigenvalue weighted by atomic mass is 10.0. The van der Waals surface area contributed by atoms with Crippen LogP contribution >= 0.6 is 11.6 Å². The van der Waals surface area contributed by atoms with Crippen LogP contribution in [-0.2, 0) is 13.1 Å². The summed E-state index contributed by atoms with van der Waals surface area (Å²) in [5.74, 6) is -0.842. The standard InChI is InChI=1S/C22H18ClFN6O2/c1-12-8-13(3-5-17(12)24)20-19(18-11-29(22(26)32)6-7-30(18)28-20)21(31)27-15-4-2-14(10-25)16(23)9-15/h2-5,8-9H,6-7,11H2,1H3,(H2,26,32)(H,27,31). The summed E-state index contributed by atoms with van der Waals surface area (Å²) in [6.07, 6.45) is 0. The fourth-order valence-electron chi connectivity index (χ4n) is 3.62. The van der Waals surface area contributed by atoms with Crippen LogP contribution in [-0.4, -0.2) is 33.2 Å². The first-order chi connectivity index (χ1) is 15.3. The number of nitrogens with one attached hydrogen (secondary N) is 1. The summed E-state index contributed by atoms with van der Waals surface area (Å²) in [4.78, 5) is 26.5. The minimum absolute atomic E-state index is 0.111. The van der Waals surface area contributed by atoms with Crippen molar-refractivity contribution in [1.82, 2.24) is 14.7 Å². The van der Waals surface area contributed by atoms with Crippen LogP contribution in [0.1, 0.15) is 27.2 Å². The smallest absolute Gasteiger partial charge is 0.315 e. The van der Waals surface area contributed by atoms with E-state index in [1.165, 1.54) is 23.1 Å². The Morgan fingerprint density at radius 3 is 2.69 bits per heavy atom. The van der Waals surface area contributed by atoms with Crippen LogP contribution < -0.4 is 11.1 Å². The molecule has 1 aliphatic rings. The monoisotopic (exact) mass is 452 g/mol. The normalized spacial score (nSPS) is 12.8. The lowest BCUT2D eigenvalue weighted by molar-refractivity contribution is 0.102. The summed E-state index contributed by atoms with van der Waals surface area (Å²) in [6.45, 7) is 2.46. The Morgan fingerprint density at radius 1 is 1.25 bits per heavy atom. The van der Waals surface area contributed by atoms with Gasteiger partial charge >= 0.3 is 6.03 Å². The molecular weight excluding hydrogens is 435 g/mol. The summed E-state index contributed by atoms with van der Waals surface area (Å²) >= 11 is 6.08. The van der Waals surface area contributed by atoms with E-state index < -0.39 is 11.9 Å². The van der Waals surface area contributed by atoms with Crippen molar-refractivity contribution in [3.8, 4) is 17.3 Å². The SMILES string of the molecule is Cc1cc(-c2nn3c(c2C(=O)Nc2ccc(C#N)c(Cl)c2)CN(C(N)=O)CC3)ccc1F. The third-order valence-corrected chi connectivity index (χ3v) is 5.61. The number of aromatic nitrogens is 2. The van der Waals surface area contributed by atoms with E-state index in [0.717, 1.165) is 0 Å². The molecular formula is C22H18ClFN6O2. The number of benzene rings is 2. The maximum Gasteiger partial charge on any atom is 0.315 e. The van der Waals surface area contributed by atoms with Gasteiger partial charge in [-0.3, -0.25) is 9.48 Å². The fourth-order valence-corrected chi connectivity index (χ4v) is 3.84. The number of halogens is 2. The van der Waals surface area contributed by atoms with Gasteiger partial charge in [0.2, 0.25) is 0 Å². The highest BCUT2D eigenvalue weighted by molar-refractivity contribution is 6.32. The third-order valence-electron chi connectivity index (χ3n) is 5.30. The number of fused-ring (bicyclic) bond motifs is 1. The number of primary amides is 1. The highest BCUT2D eigenvalue weighted by Crippen LogP contribution is 2.31. The molecule has 0 saturated heterocycles. The maximum absolute atomic E-state index is 13.8. The van der Waals surface area contributed by atoms with Crippen molar-refractivity contribution >= 4 is 29.2 Å². The quantitative estimate of drug-likeness (QED) is 0.630. The average molecular weight is 453 g/mol. The fraction of sp³-hybridized carbons (Fsp3) is 0.182. The predicted octanol–water partition coefficient (Wildman–Crippen LogP) is 3.67. The van der Waals surface area contributed by atoms with Gasteiger partial charge in [-0.15, -0.1) is 0 Å².